The highest BCUT2D eigenvalue weighted by Crippen LogP contribution is 2.15. The summed E-state index contributed by atoms with van der Waals surface area (Å²) < 4.78 is 18.3. The standard InChI is InChI=1S/C11H14FNO3/c1-8-3-4-9(7-10(8)12)16-6-5-13(2)11(14)15/h3-4,7H,5-6H2,1-2H3,(H,14,15). The van der Waals surface area contributed by atoms with E-state index in [1.54, 1.807) is 19.1 Å². The Morgan fingerprint density at radius 1 is 1.56 bits per heavy atom. The van der Waals surface area contributed by atoms with E-state index in [-0.39, 0.29) is 19.0 Å². The van der Waals surface area contributed by atoms with Crippen molar-refractivity contribution in [1.82, 2.24) is 4.90 Å². The molecule has 0 saturated heterocycles. The van der Waals surface area contributed by atoms with Crippen molar-refractivity contribution in [3.05, 3.63) is 29.6 Å². The van der Waals surface area contributed by atoms with Crippen LogP contribution >= 0.6 is 0 Å². The first kappa shape index (κ1) is 12.3. The number of ether oxygens (including phenoxy) is 1. The lowest BCUT2D eigenvalue weighted by atomic mass is 10.2. The highest BCUT2D eigenvalue weighted by Gasteiger charge is 2.05. The van der Waals surface area contributed by atoms with Gasteiger partial charge >= 0.3 is 6.09 Å². The summed E-state index contributed by atoms with van der Waals surface area (Å²) in [6, 6.07) is 4.56. The van der Waals surface area contributed by atoms with Crippen LogP contribution in [0, 0.1) is 12.7 Å². The second kappa shape index (κ2) is 5.34. The summed E-state index contributed by atoms with van der Waals surface area (Å²) in [6.07, 6.45) is -1.02. The molecule has 0 atom stereocenters. The van der Waals surface area contributed by atoms with E-state index in [1.807, 2.05) is 0 Å². The smallest absolute Gasteiger partial charge is 0.407 e. The molecule has 0 aliphatic carbocycles. The first-order chi connectivity index (χ1) is 7.50. The number of aryl methyl sites for hydroxylation is 1. The Balaban J connectivity index is 2.43. The van der Waals surface area contributed by atoms with Gasteiger partial charge in [-0.05, 0) is 18.6 Å². The summed E-state index contributed by atoms with van der Waals surface area (Å²) in [5.74, 6) is 0.0750. The predicted octanol–water partition coefficient (Wildman–Crippen LogP) is 2.12. The molecule has 1 aromatic carbocycles. The van der Waals surface area contributed by atoms with Gasteiger partial charge in [-0.1, -0.05) is 6.07 Å². The lowest BCUT2D eigenvalue weighted by Crippen LogP contribution is -2.29. The fraction of sp³-hybridized carbons (Fsp3) is 0.364. The van der Waals surface area contributed by atoms with Crippen LogP contribution in [0.4, 0.5) is 9.18 Å². The first-order valence-electron chi connectivity index (χ1n) is 4.83. The summed E-state index contributed by atoms with van der Waals surface area (Å²) in [5, 5.41) is 8.57. The van der Waals surface area contributed by atoms with Crippen molar-refractivity contribution >= 4 is 6.09 Å². The van der Waals surface area contributed by atoms with Crippen LogP contribution in [0.1, 0.15) is 5.56 Å². The molecule has 0 aliphatic heterocycles. The SMILES string of the molecule is Cc1ccc(OCCN(C)C(=O)O)cc1F. The Morgan fingerprint density at radius 2 is 2.25 bits per heavy atom. The summed E-state index contributed by atoms with van der Waals surface area (Å²) in [4.78, 5) is 11.6. The fourth-order valence-corrected chi connectivity index (χ4v) is 1.06. The zero-order chi connectivity index (χ0) is 12.1. The molecule has 4 nitrogen and oxygen atoms in total. The van der Waals surface area contributed by atoms with Crippen LogP contribution in [0.25, 0.3) is 0 Å². The Kier molecular flexibility index (Phi) is 4.10. The van der Waals surface area contributed by atoms with Crippen LogP contribution in [0.2, 0.25) is 0 Å². The van der Waals surface area contributed by atoms with Gasteiger partial charge in [0.25, 0.3) is 0 Å². The Bertz CT molecular complexity index is 381. The Morgan fingerprint density at radius 3 is 2.81 bits per heavy atom. The molecule has 0 aromatic heterocycles. The molecule has 1 rings (SSSR count). The van der Waals surface area contributed by atoms with Crippen molar-refractivity contribution in [3.63, 3.8) is 0 Å². The van der Waals surface area contributed by atoms with E-state index in [0.29, 0.717) is 11.3 Å². The van der Waals surface area contributed by atoms with Crippen molar-refractivity contribution < 1.29 is 19.0 Å². The van der Waals surface area contributed by atoms with E-state index in [4.69, 9.17) is 9.84 Å². The molecule has 0 radical (unpaired) electrons. The van der Waals surface area contributed by atoms with Crippen LogP contribution in [0.5, 0.6) is 5.75 Å². The monoisotopic (exact) mass is 227 g/mol. The highest BCUT2D eigenvalue weighted by molar-refractivity contribution is 5.64. The lowest BCUT2D eigenvalue weighted by molar-refractivity contribution is 0.147. The number of carbonyl (C=O) groups is 1. The summed E-state index contributed by atoms with van der Waals surface area (Å²) in [6.45, 7) is 2.10. The van der Waals surface area contributed by atoms with Gasteiger partial charge in [0.1, 0.15) is 18.2 Å². The lowest BCUT2D eigenvalue weighted by Gasteiger charge is -2.13. The van der Waals surface area contributed by atoms with Crippen molar-refractivity contribution in [1.29, 1.82) is 0 Å². The second-order valence-electron chi connectivity index (χ2n) is 3.46. The number of amides is 1. The maximum Gasteiger partial charge on any atom is 0.407 e. The number of hydrogen-bond acceptors (Lipinski definition) is 2. The van der Waals surface area contributed by atoms with Crippen LogP contribution in [-0.4, -0.2) is 36.3 Å². The van der Waals surface area contributed by atoms with Gasteiger partial charge in [-0.2, -0.15) is 0 Å². The summed E-state index contributed by atoms with van der Waals surface area (Å²) in [5.41, 5.74) is 0.551. The molecular weight excluding hydrogens is 213 g/mol. The minimum atomic E-state index is -1.02. The quantitative estimate of drug-likeness (QED) is 0.857. The van der Waals surface area contributed by atoms with Gasteiger partial charge < -0.3 is 14.7 Å². The number of hydrogen-bond donors (Lipinski definition) is 1. The normalized spacial score (nSPS) is 9.94. The van der Waals surface area contributed by atoms with E-state index in [9.17, 15) is 9.18 Å². The van der Waals surface area contributed by atoms with Crippen LogP contribution in [0.3, 0.4) is 0 Å². The minimum Gasteiger partial charge on any atom is -0.492 e. The van der Waals surface area contributed by atoms with Gasteiger partial charge in [0.2, 0.25) is 0 Å². The number of rotatable bonds is 4. The van der Waals surface area contributed by atoms with Crippen molar-refractivity contribution in [2.45, 2.75) is 6.92 Å². The molecule has 0 bridgehead atoms. The second-order valence-corrected chi connectivity index (χ2v) is 3.46. The largest absolute Gasteiger partial charge is 0.492 e. The molecule has 88 valence electrons. The number of nitrogens with zero attached hydrogens (tertiary/aromatic N) is 1. The third kappa shape index (κ3) is 3.42. The van der Waals surface area contributed by atoms with Crippen LogP contribution in [0.15, 0.2) is 18.2 Å². The highest BCUT2D eigenvalue weighted by atomic mass is 19.1. The van der Waals surface area contributed by atoms with Gasteiger partial charge in [0.15, 0.2) is 0 Å². The molecular formula is C11H14FNO3. The van der Waals surface area contributed by atoms with Crippen molar-refractivity contribution in [2.75, 3.05) is 20.2 Å². The molecule has 16 heavy (non-hydrogen) atoms. The zero-order valence-electron chi connectivity index (χ0n) is 9.24. The van der Waals surface area contributed by atoms with Gasteiger partial charge in [-0.25, -0.2) is 9.18 Å². The van der Waals surface area contributed by atoms with Crippen LogP contribution < -0.4 is 4.74 Å². The van der Waals surface area contributed by atoms with Crippen molar-refractivity contribution in [2.24, 2.45) is 0 Å². The van der Waals surface area contributed by atoms with Gasteiger partial charge in [0, 0.05) is 13.1 Å². The molecule has 0 saturated carbocycles. The molecule has 0 heterocycles. The third-order valence-electron chi connectivity index (χ3n) is 2.17. The molecule has 0 unspecified atom stereocenters. The molecule has 1 aromatic rings. The average Bonchev–Trinajstić information content (AvgIpc) is 2.23. The number of halogens is 1. The summed E-state index contributed by atoms with van der Waals surface area (Å²) in [7, 11) is 1.45. The van der Waals surface area contributed by atoms with Gasteiger partial charge in [-0.15, -0.1) is 0 Å². The molecule has 0 aliphatic rings. The van der Waals surface area contributed by atoms with E-state index in [0.717, 1.165) is 4.90 Å². The first-order valence-corrected chi connectivity index (χ1v) is 4.83. The number of carboxylic acid groups (broad SMARTS) is 1. The topological polar surface area (TPSA) is 49.8 Å². The van der Waals surface area contributed by atoms with Gasteiger partial charge in [0.05, 0.1) is 6.54 Å². The van der Waals surface area contributed by atoms with Gasteiger partial charge in [-0.3, -0.25) is 0 Å². The molecule has 1 N–H and O–H groups in total. The third-order valence-corrected chi connectivity index (χ3v) is 2.17. The van der Waals surface area contributed by atoms with E-state index in [2.05, 4.69) is 0 Å². The molecule has 1 amide bonds. The number of benzene rings is 1. The maximum absolute atomic E-state index is 13.1. The maximum atomic E-state index is 13.1. The fourth-order valence-electron chi connectivity index (χ4n) is 1.06. The molecule has 5 heteroatoms. The summed E-state index contributed by atoms with van der Waals surface area (Å²) >= 11 is 0. The molecule has 0 spiro atoms. The predicted molar refractivity (Wildman–Crippen MR) is 57.3 cm³/mol. The van der Waals surface area contributed by atoms with Crippen LogP contribution in [-0.2, 0) is 0 Å². The molecule has 0 fully saturated rings. The number of likely N-dealkylation sites (N-methyl/N-ethyl adjacent to an activating group) is 1. The van der Waals surface area contributed by atoms with E-state index in [1.165, 1.54) is 13.1 Å². The van der Waals surface area contributed by atoms with E-state index >= 15 is 0 Å². The Labute approximate surface area is 93.3 Å². The average molecular weight is 227 g/mol. The minimum absolute atomic E-state index is 0.200. The Hall–Kier alpha value is -1.78. The van der Waals surface area contributed by atoms with E-state index < -0.39 is 6.09 Å². The van der Waals surface area contributed by atoms with Crippen molar-refractivity contribution in [3.8, 4) is 5.75 Å². The zero-order valence-corrected chi connectivity index (χ0v) is 9.24.